The molecule has 0 bridgehead atoms. The van der Waals surface area contributed by atoms with Crippen LogP contribution in [0.5, 0.6) is 0 Å². The van der Waals surface area contributed by atoms with Crippen molar-refractivity contribution in [3.05, 3.63) is 25.0 Å². The molecule has 0 aromatic rings. The number of carbonyl (C=O) groups excluding carboxylic acids is 1. The van der Waals surface area contributed by atoms with Gasteiger partial charge in [0.2, 0.25) is 0 Å². The highest BCUT2D eigenvalue weighted by molar-refractivity contribution is 7.85. The summed E-state index contributed by atoms with van der Waals surface area (Å²) >= 11 is 0. The number of rotatable bonds is 8. The molecule has 0 aliphatic carbocycles. The Morgan fingerprint density at radius 3 is 1.96 bits per heavy atom. The number of halogens is 6. The van der Waals surface area contributed by atoms with Crippen molar-refractivity contribution < 1.29 is 53.6 Å². The highest BCUT2D eigenvalue weighted by Gasteiger charge is 2.75. The summed E-state index contributed by atoms with van der Waals surface area (Å²) < 4.78 is 117. The van der Waals surface area contributed by atoms with Gasteiger partial charge >= 0.3 is 23.9 Å². The van der Waals surface area contributed by atoms with Gasteiger partial charge in [-0.2, -0.15) is 26.3 Å². The fourth-order valence-electron chi connectivity index (χ4n) is 1.54. The van der Waals surface area contributed by atoms with E-state index in [4.69, 9.17) is 4.74 Å². The Labute approximate surface area is 138 Å². The Hall–Kier alpha value is -1.76. The van der Waals surface area contributed by atoms with Crippen molar-refractivity contribution in [1.29, 1.82) is 0 Å². The number of hydrogen-bond acceptors (Lipinski definition) is 6. The summed E-state index contributed by atoms with van der Waals surface area (Å²) in [5.41, 5.74) is -5.49. The zero-order valence-electron chi connectivity index (χ0n) is 12.6. The summed E-state index contributed by atoms with van der Waals surface area (Å²) in [5, 5.41) is 0. The molecule has 0 aliphatic rings. The molecule has 6 nitrogen and oxygen atoms in total. The van der Waals surface area contributed by atoms with Crippen molar-refractivity contribution >= 4 is 16.1 Å². The Bertz CT molecular complexity index is 607. The molecule has 0 spiro atoms. The van der Waals surface area contributed by atoms with Crippen LogP contribution in [-0.4, -0.2) is 48.8 Å². The van der Waals surface area contributed by atoms with Crippen LogP contribution in [0.1, 0.15) is 13.3 Å². The zero-order valence-corrected chi connectivity index (χ0v) is 13.4. The summed E-state index contributed by atoms with van der Waals surface area (Å²) in [6, 6.07) is 0. The highest BCUT2D eigenvalue weighted by Crippen LogP contribution is 2.47. The second-order valence-electron chi connectivity index (χ2n) is 4.80. The largest absolute Gasteiger partial charge is 0.748 e. The van der Waals surface area contributed by atoms with Gasteiger partial charge in [0.05, 0.1) is 22.3 Å². The van der Waals surface area contributed by atoms with Gasteiger partial charge in [0.25, 0.3) is 0 Å². The van der Waals surface area contributed by atoms with Gasteiger partial charge in [0.1, 0.15) is 11.9 Å². The number of ether oxygens (including phenoxy) is 2. The number of allylic oxidation sites excluding steroid dienone is 1. The van der Waals surface area contributed by atoms with Gasteiger partial charge in [0, 0.05) is 0 Å². The molecule has 0 saturated heterocycles. The monoisotopic (exact) mass is 399 g/mol. The molecular formula is C12H13F6O6S-. The number of carbonyl (C=O) groups is 1. The van der Waals surface area contributed by atoms with Crippen LogP contribution in [0.25, 0.3) is 0 Å². The van der Waals surface area contributed by atoms with Gasteiger partial charge < -0.3 is 14.0 Å². The van der Waals surface area contributed by atoms with Crippen molar-refractivity contribution in [3.63, 3.8) is 0 Å². The van der Waals surface area contributed by atoms with Crippen LogP contribution in [0.3, 0.4) is 0 Å². The van der Waals surface area contributed by atoms with Crippen LogP contribution >= 0.6 is 0 Å². The summed E-state index contributed by atoms with van der Waals surface area (Å²) in [7, 11) is -6.07. The van der Waals surface area contributed by atoms with Crippen molar-refractivity contribution in [1.82, 2.24) is 0 Å². The molecule has 25 heavy (non-hydrogen) atoms. The topological polar surface area (TPSA) is 92.7 Å². The lowest BCUT2D eigenvalue weighted by molar-refractivity contribution is -0.361. The van der Waals surface area contributed by atoms with Gasteiger partial charge in [-0.05, 0) is 13.0 Å². The predicted octanol–water partition coefficient (Wildman–Crippen LogP) is 2.43. The van der Waals surface area contributed by atoms with Crippen LogP contribution in [0.15, 0.2) is 25.0 Å². The van der Waals surface area contributed by atoms with E-state index in [0.29, 0.717) is 0 Å². The second kappa shape index (κ2) is 7.64. The van der Waals surface area contributed by atoms with E-state index in [0.717, 1.165) is 13.0 Å². The highest BCUT2D eigenvalue weighted by atomic mass is 32.2. The van der Waals surface area contributed by atoms with E-state index in [9.17, 15) is 44.1 Å². The molecule has 0 N–H and O–H groups in total. The van der Waals surface area contributed by atoms with Gasteiger partial charge in [-0.25, -0.2) is 8.42 Å². The Morgan fingerprint density at radius 1 is 1.20 bits per heavy atom. The minimum Gasteiger partial charge on any atom is -0.748 e. The maximum Gasteiger partial charge on any atom is 0.438 e. The lowest BCUT2D eigenvalue weighted by Gasteiger charge is -2.37. The number of hydrogen-bond donors (Lipinski definition) is 0. The number of esters is 1. The Kier molecular flexibility index (Phi) is 7.10. The van der Waals surface area contributed by atoms with Crippen LogP contribution in [0.4, 0.5) is 26.3 Å². The Morgan fingerprint density at radius 2 is 1.64 bits per heavy atom. The van der Waals surface area contributed by atoms with Gasteiger partial charge in [-0.15, -0.1) is 0 Å². The molecule has 146 valence electrons. The summed E-state index contributed by atoms with van der Waals surface area (Å²) in [5.74, 6) is -5.25. The predicted molar refractivity (Wildman–Crippen MR) is 70.0 cm³/mol. The molecule has 0 rings (SSSR count). The van der Waals surface area contributed by atoms with E-state index in [1.165, 1.54) is 0 Å². The van der Waals surface area contributed by atoms with Gasteiger partial charge in [0.15, 0.2) is 0 Å². The standard InChI is InChI=1S/C12H14F6O6S/c1-4-7(2)23-8(3)5-9(19)24-10(11(13,14)15,12(16,17)18)6-25(20,21)22/h4,8H,1-2,5-6H2,3H3,(H,20,21,22)/p-1. The second-order valence-corrected chi connectivity index (χ2v) is 6.21. The molecule has 0 aromatic carbocycles. The van der Waals surface area contributed by atoms with E-state index in [1.807, 2.05) is 0 Å². The SMILES string of the molecule is C=CC(=C)OC(C)CC(=O)OC(CS(=O)(=O)[O-])(C(F)(F)F)C(F)(F)F. The van der Waals surface area contributed by atoms with Gasteiger partial charge in [-0.1, -0.05) is 13.2 Å². The molecule has 0 amide bonds. The summed E-state index contributed by atoms with van der Waals surface area (Å²) in [6.07, 6.45) is -14.1. The van der Waals surface area contributed by atoms with Crippen molar-refractivity contribution in [2.45, 2.75) is 37.4 Å². The molecule has 13 heteroatoms. The Balaban J connectivity index is 5.68. The first-order valence-electron chi connectivity index (χ1n) is 6.22. The normalized spacial score (nSPS) is 14.6. The van der Waals surface area contributed by atoms with Crippen LogP contribution in [-0.2, 0) is 24.4 Å². The molecule has 0 heterocycles. The van der Waals surface area contributed by atoms with Crippen LogP contribution in [0.2, 0.25) is 0 Å². The molecule has 1 atom stereocenters. The van der Waals surface area contributed by atoms with Crippen LogP contribution in [0, 0.1) is 0 Å². The van der Waals surface area contributed by atoms with E-state index in [2.05, 4.69) is 17.9 Å². The van der Waals surface area contributed by atoms with E-state index < -0.39 is 52.3 Å². The number of alkyl halides is 6. The third-order valence-corrected chi connectivity index (χ3v) is 3.38. The molecule has 0 saturated carbocycles. The van der Waals surface area contributed by atoms with Crippen molar-refractivity contribution in [2.75, 3.05) is 5.75 Å². The van der Waals surface area contributed by atoms with E-state index >= 15 is 0 Å². The van der Waals surface area contributed by atoms with Crippen LogP contribution < -0.4 is 0 Å². The summed E-state index contributed by atoms with van der Waals surface area (Å²) in [6.45, 7) is 7.57. The lowest BCUT2D eigenvalue weighted by atomic mass is 10.1. The molecule has 0 aliphatic heterocycles. The quantitative estimate of drug-likeness (QED) is 0.205. The first kappa shape index (κ1) is 23.2. The molecule has 0 aromatic heterocycles. The third-order valence-electron chi connectivity index (χ3n) is 2.62. The molecule has 0 radical (unpaired) electrons. The average molecular weight is 399 g/mol. The van der Waals surface area contributed by atoms with Gasteiger partial charge in [-0.3, -0.25) is 4.79 Å². The van der Waals surface area contributed by atoms with Crippen molar-refractivity contribution in [3.8, 4) is 0 Å². The first-order valence-corrected chi connectivity index (χ1v) is 7.80. The minimum atomic E-state index is -6.41. The third kappa shape index (κ3) is 6.57. The smallest absolute Gasteiger partial charge is 0.438 e. The molecular weight excluding hydrogens is 386 g/mol. The average Bonchev–Trinajstić information content (AvgIpc) is 2.32. The van der Waals surface area contributed by atoms with E-state index in [-0.39, 0.29) is 5.76 Å². The maximum absolute atomic E-state index is 12.9. The summed E-state index contributed by atoms with van der Waals surface area (Å²) in [4.78, 5) is 11.5. The molecule has 0 fully saturated rings. The zero-order chi connectivity index (χ0) is 20.3. The fourth-order valence-corrected chi connectivity index (χ4v) is 2.42. The lowest BCUT2D eigenvalue weighted by Crippen LogP contribution is -2.63. The fraction of sp³-hybridized carbons (Fsp3) is 0.583. The maximum atomic E-state index is 12.9. The van der Waals surface area contributed by atoms with E-state index in [1.54, 1.807) is 0 Å². The molecule has 1 unspecified atom stereocenters. The minimum absolute atomic E-state index is 0.125. The first-order chi connectivity index (χ1) is 10.9. The van der Waals surface area contributed by atoms with Crippen molar-refractivity contribution in [2.24, 2.45) is 0 Å².